The number of anilines is 1. The molecule has 0 bridgehead atoms. The quantitative estimate of drug-likeness (QED) is 0.458. The Morgan fingerprint density at radius 3 is 2.63 bits per heavy atom. The van der Waals surface area contributed by atoms with E-state index >= 15 is 0 Å². The van der Waals surface area contributed by atoms with Gasteiger partial charge in [-0.1, -0.05) is 0 Å². The number of aromatic nitrogens is 1. The smallest absolute Gasteiger partial charge is 0.418 e. The predicted octanol–water partition coefficient (Wildman–Crippen LogP) is 4.02. The second-order valence-corrected chi connectivity index (χ2v) is 7.66. The zero-order chi connectivity index (χ0) is 22.3. The highest BCUT2D eigenvalue weighted by molar-refractivity contribution is 6.02. The van der Waals surface area contributed by atoms with Crippen LogP contribution in [0.3, 0.4) is 0 Å². The van der Waals surface area contributed by atoms with E-state index in [9.17, 15) is 14.9 Å². The van der Waals surface area contributed by atoms with Gasteiger partial charge in [0.2, 0.25) is 5.91 Å². The van der Waals surface area contributed by atoms with Crippen molar-refractivity contribution in [3.8, 4) is 6.07 Å². The summed E-state index contributed by atoms with van der Waals surface area (Å²) in [5.74, 6) is -0.402. The van der Waals surface area contributed by atoms with Gasteiger partial charge in [0, 0.05) is 32.1 Å². The van der Waals surface area contributed by atoms with Gasteiger partial charge in [0.1, 0.15) is 11.7 Å². The second kappa shape index (κ2) is 9.56. The fourth-order valence-electron chi connectivity index (χ4n) is 2.35. The number of nitriles is 1. The second-order valence-electron chi connectivity index (χ2n) is 7.66. The van der Waals surface area contributed by atoms with E-state index in [4.69, 9.17) is 4.74 Å². The molecule has 30 heavy (non-hydrogen) atoms. The predicted molar refractivity (Wildman–Crippen MR) is 117 cm³/mol. The minimum Gasteiger partial charge on any atom is -0.443 e. The van der Waals surface area contributed by atoms with E-state index in [1.54, 1.807) is 68.5 Å². The molecule has 0 saturated carbocycles. The van der Waals surface area contributed by atoms with Gasteiger partial charge >= 0.3 is 6.09 Å². The molecule has 0 aliphatic heterocycles. The summed E-state index contributed by atoms with van der Waals surface area (Å²) in [5, 5.41) is 12.0. The normalized spacial score (nSPS) is 11.5. The monoisotopic (exact) mass is 407 g/mol. The van der Waals surface area contributed by atoms with Crippen LogP contribution in [0, 0.1) is 11.3 Å². The number of amides is 1. The Hall–Kier alpha value is -3.86. The molecule has 1 N–H and O–H groups in total. The van der Waals surface area contributed by atoms with Crippen LogP contribution < -0.4 is 5.32 Å². The zero-order valence-corrected chi connectivity index (χ0v) is 17.7. The number of nitrogens with zero attached hydrogens (tertiary/aromatic N) is 4. The SMILES string of the molecule is CN(C)C=Nc1ccc(NC(=O)/C=C/c2cccn2C(=O)OC(C)(C)C)cc1C#N. The van der Waals surface area contributed by atoms with Crippen LogP contribution in [-0.4, -0.2) is 47.5 Å². The standard InChI is InChI=1S/C22H25N5O3/c1-22(2,3)30-21(29)27-12-6-7-18(27)9-11-20(28)25-17-8-10-19(16(13-17)14-23)24-15-26(4)5/h6-13,15H,1-5H3,(H,25,28)/b11-9+,24-15?. The lowest BCUT2D eigenvalue weighted by Crippen LogP contribution is -2.27. The van der Waals surface area contributed by atoms with E-state index in [2.05, 4.69) is 16.4 Å². The first-order chi connectivity index (χ1) is 14.1. The fraction of sp³-hybridized carbons (Fsp3) is 0.273. The van der Waals surface area contributed by atoms with E-state index in [0.29, 0.717) is 22.6 Å². The highest BCUT2D eigenvalue weighted by atomic mass is 16.6. The minimum atomic E-state index is -0.624. The van der Waals surface area contributed by atoms with Crippen molar-refractivity contribution in [1.29, 1.82) is 5.26 Å². The average molecular weight is 407 g/mol. The minimum absolute atomic E-state index is 0.341. The highest BCUT2D eigenvalue weighted by Gasteiger charge is 2.18. The van der Waals surface area contributed by atoms with Crippen molar-refractivity contribution in [2.75, 3.05) is 19.4 Å². The van der Waals surface area contributed by atoms with Crippen LogP contribution >= 0.6 is 0 Å². The van der Waals surface area contributed by atoms with Crippen molar-refractivity contribution in [2.24, 2.45) is 4.99 Å². The van der Waals surface area contributed by atoms with Crippen molar-refractivity contribution in [3.05, 3.63) is 53.9 Å². The Morgan fingerprint density at radius 2 is 2.00 bits per heavy atom. The van der Waals surface area contributed by atoms with Crippen molar-refractivity contribution in [1.82, 2.24) is 9.47 Å². The lowest BCUT2D eigenvalue weighted by molar-refractivity contribution is -0.111. The lowest BCUT2D eigenvalue weighted by Gasteiger charge is -2.20. The summed E-state index contributed by atoms with van der Waals surface area (Å²) in [5.41, 5.74) is 1.20. The average Bonchev–Trinajstić information content (AvgIpc) is 3.12. The summed E-state index contributed by atoms with van der Waals surface area (Å²) >= 11 is 0. The number of rotatable bonds is 5. The third-order valence-corrected chi connectivity index (χ3v) is 3.59. The molecule has 0 unspecified atom stereocenters. The van der Waals surface area contributed by atoms with Gasteiger partial charge < -0.3 is 15.0 Å². The lowest BCUT2D eigenvalue weighted by atomic mass is 10.1. The number of aliphatic imine (C=N–C) groups is 1. The maximum absolute atomic E-state index is 12.3. The number of carbonyl (C=O) groups is 2. The largest absolute Gasteiger partial charge is 0.443 e. The van der Waals surface area contributed by atoms with Crippen molar-refractivity contribution in [2.45, 2.75) is 26.4 Å². The van der Waals surface area contributed by atoms with Crippen LogP contribution in [0.25, 0.3) is 6.08 Å². The molecule has 0 spiro atoms. The van der Waals surface area contributed by atoms with Gasteiger partial charge in [-0.05, 0) is 57.2 Å². The topological polar surface area (TPSA) is 99.7 Å². The number of carbonyl (C=O) groups excluding carboxylic acids is 2. The highest BCUT2D eigenvalue weighted by Crippen LogP contribution is 2.22. The molecule has 0 aliphatic rings. The first kappa shape index (κ1) is 22.4. The Morgan fingerprint density at radius 1 is 1.27 bits per heavy atom. The summed E-state index contributed by atoms with van der Waals surface area (Å²) in [4.78, 5) is 30.5. The maximum atomic E-state index is 12.3. The molecule has 1 aromatic carbocycles. The number of ether oxygens (including phenoxy) is 1. The molecule has 1 heterocycles. The van der Waals surface area contributed by atoms with Crippen LogP contribution in [0.2, 0.25) is 0 Å². The molecular weight excluding hydrogens is 382 g/mol. The van der Waals surface area contributed by atoms with Gasteiger partial charge in [-0.3, -0.25) is 9.36 Å². The molecule has 2 rings (SSSR count). The van der Waals surface area contributed by atoms with Crippen LogP contribution in [0.5, 0.6) is 0 Å². The van der Waals surface area contributed by atoms with Gasteiger partial charge in [0.05, 0.1) is 23.3 Å². The molecule has 8 nitrogen and oxygen atoms in total. The Labute approximate surface area is 176 Å². The summed E-state index contributed by atoms with van der Waals surface area (Å²) in [6.07, 6.45) is 5.45. The summed E-state index contributed by atoms with van der Waals surface area (Å²) < 4.78 is 6.66. The van der Waals surface area contributed by atoms with Gasteiger partial charge in [0.15, 0.2) is 0 Å². The van der Waals surface area contributed by atoms with Crippen LogP contribution in [0.15, 0.2) is 47.6 Å². The third-order valence-electron chi connectivity index (χ3n) is 3.59. The van der Waals surface area contributed by atoms with E-state index in [0.717, 1.165) is 0 Å². The van der Waals surface area contributed by atoms with Gasteiger partial charge in [-0.25, -0.2) is 9.79 Å². The number of nitrogens with one attached hydrogen (secondary N) is 1. The van der Waals surface area contributed by atoms with E-state index < -0.39 is 17.6 Å². The van der Waals surface area contributed by atoms with E-state index in [1.165, 1.54) is 16.7 Å². The van der Waals surface area contributed by atoms with Crippen LogP contribution in [-0.2, 0) is 9.53 Å². The van der Waals surface area contributed by atoms with Crippen LogP contribution in [0.1, 0.15) is 32.0 Å². The number of hydrogen-bond acceptors (Lipinski definition) is 5. The molecule has 0 aliphatic carbocycles. The molecule has 0 atom stereocenters. The molecule has 0 fully saturated rings. The molecule has 1 aromatic heterocycles. The Bertz CT molecular complexity index is 1020. The van der Waals surface area contributed by atoms with Gasteiger partial charge in [-0.2, -0.15) is 5.26 Å². The fourth-order valence-corrected chi connectivity index (χ4v) is 2.35. The summed E-state index contributed by atoms with van der Waals surface area (Å²) in [6, 6.07) is 10.3. The Kier molecular flexibility index (Phi) is 7.15. The molecule has 1 amide bonds. The molecule has 0 saturated heterocycles. The molecule has 2 aromatic rings. The Balaban J connectivity index is 2.10. The van der Waals surface area contributed by atoms with E-state index in [-0.39, 0.29) is 0 Å². The van der Waals surface area contributed by atoms with E-state index in [1.807, 2.05) is 14.1 Å². The van der Waals surface area contributed by atoms with Gasteiger partial charge in [-0.15, -0.1) is 0 Å². The third kappa shape index (κ3) is 6.63. The zero-order valence-electron chi connectivity index (χ0n) is 17.7. The number of benzene rings is 1. The van der Waals surface area contributed by atoms with Crippen molar-refractivity contribution >= 4 is 35.8 Å². The first-order valence-corrected chi connectivity index (χ1v) is 9.23. The first-order valence-electron chi connectivity index (χ1n) is 9.23. The molecule has 156 valence electrons. The molecule has 0 radical (unpaired) electrons. The summed E-state index contributed by atoms with van der Waals surface area (Å²) in [7, 11) is 3.66. The number of hydrogen-bond donors (Lipinski definition) is 1. The van der Waals surface area contributed by atoms with Crippen molar-refractivity contribution in [3.63, 3.8) is 0 Å². The van der Waals surface area contributed by atoms with Crippen LogP contribution in [0.4, 0.5) is 16.2 Å². The van der Waals surface area contributed by atoms with Crippen molar-refractivity contribution < 1.29 is 14.3 Å². The molecule has 8 heteroatoms. The maximum Gasteiger partial charge on any atom is 0.418 e. The van der Waals surface area contributed by atoms with Gasteiger partial charge in [0.25, 0.3) is 0 Å². The summed E-state index contributed by atoms with van der Waals surface area (Å²) in [6.45, 7) is 5.35. The molecular formula is C22H25N5O3.